The van der Waals surface area contributed by atoms with Crippen LogP contribution in [0.1, 0.15) is 12.3 Å². The van der Waals surface area contributed by atoms with Crippen molar-refractivity contribution in [2.75, 3.05) is 18.8 Å². The maximum atomic E-state index is 11.7. The van der Waals surface area contributed by atoms with Crippen LogP contribution in [0.25, 0.3) is 11.4 Å². The van der Waals surface area contributed by atoms with Gasteiger partial charge in [0.05, 0.1) is 6.42 Å². The van der Waals surface area contributed by atoms with Gasteiger partial charge in [-0.25, -0.2) is 0 Å². The molecule has 3 rings (SSSR count). The van der Waals surface area contributed by atoms with Gasteiger partial charge >= 0.3 is 5.97 Å². The van der Waals surface area contributed by atoms with E-state index in [9.17, 15) is 9.59 Å². The summed E-state index contributed by atoms with van der Waals surface area (Å²) < 4.78 is 10.2. The number of amides is 1. The van der Waals surface area contributed by atoms with Crippen LogP contribution in [0, 0.1) is 0 Å². The van der Waals surface area contributed by atoms with Crippen LogP contribution in [0.5, 0.6) is 0 Å². The minimum Gasteiger partial charge on any atom is -0.456 e. The molecule has 120 valence electrons. The van der Waals surface area contributed by atoms with Crippen molar-refractivity contribution in [1.29, 1.82) is 0 Å². The van der Waals surface area contributed by atoms with Crippen molar-refractivity contribution in [2.45, 2.75) is 13.0 Å². The lowest BCUT2D eigenvalue weighted by atomic mass is 10.2. The molecule has 0 saturated carbocycles. The molecule has 7 nitrogen and oxygen atoms in total. The number of hydrogen-bond acceptors (Lipinski definition) is 7. The van der Waals surface area contributed by atoms with Crippen molar-refractivity contribution in [3.63, 3.8) is 0 Å². The Morgan fingerprint density at radius 3 is 2.91 bits per heavy atom. The first-order chi connectivity index (χ1) is 11.2. The summed E-state index contributed by atoms with van der Waals surface area (Å²) in [6.07, 6.45) is 0.159. The van der Waals surface area contributed by atoms with Gasteiger partial charge in [-0.2, -0.15) is 4.98 Å². The molecule has 2 heterocycles. The second kappa shape index (κ2) is 7.28. The number of nitrogens with zero attached hydrogens (tertiary/aromatic N) is 3. The molecule has 0 aliphatic carbocycles. The summed E-state index contributed by atoms with van der Waals surface area (Å²) in [4.78, 5) is 28.9. The second-order valence-corrected chi connectivity index (χ2v) is 5.94. The Morgan fingerprint density at radius 2 is 2.17 bits per heavy atom. The van der Waals surface area contributed by atoms with Gasteiger partial charge in [-0.05, 0) is 0 Å². The summed E-state index contributed by atoms with van der Waals surface area (Å²) in [6, 6.07) is 9.39. The maximum Gasteiger partial charge on any atom is 0.308 e. The molecule has 1 aliphatic heterocycles. The Kier molecular flexibility index (Phi) is 4.92. The van der Waals surface area contributed by atoms with Crippen LogP contribution < -0.4 is 0 Å². The number of hydrogen-bond donors (Lipinski definition) is 0. The van der Waals surface area contributed by atoms with Gasteiger partial charge in [0.1, 0.15) is 0 Å². The fourth-order valence-corrected chi connectivity index (χ4v) is 2.94. The minimum absolute atomic E-state index is 0.0159. The van der Waals surface area contributed by atoms with E-state index in [0.29, 0.717) is 18.9 Å². The average Bonchev–Trinajstić information content (AvgIpc) is 3.21. The number of rotatable bonds is 6. The molecule has 1 aromatic heterocycles. The lowest BCUT2D eigenvalue weighted by Gasteiger charge is -2.13. The zero-order chi connectivity index (χ0) is 16.1. The van der Waals surface area contributed by atoms with E-state index < -0.39 is 5.97 Å². The Hall–Kier alpha value is -2.35. The first kappa shape index (κ1) is 15.5. The van der Waals surface area contributed by atoms with Crippen LogP contribution in [0.2, 0.25) is 0 Å². The molecule has 0 radical (unpaired) electrons. The van der Waals surface area contributed by atoms with Gasteiger partial charge in [-0.1, -0.05) is 47.3 Å². The van der Waals surface area contributed by atoms with Crippen molar-refractivity contribution < 1.29 is 18.8 Å². The highest BCUT2D eigenvalue weighted by Crippen LogP contribution is 2.17. The lowest BCUT2D eigenvalue weighted by molar-refractivity contribution is -0.145. The van der Waals surface area contributed by atoms with E-state index >= 15 is 0 Å². The van der Waals surface area contributed by atoms with E-state index in [1.54, 1.807) is 4.90 Å². The lowest BCUT2D eigenvalue weighted by Crippen LogP contribution is -2.26. The van der Waals surface area contributed by atoms with E-state index in [1.807, 2.05) is 30.3 Å². The molecule has 8 heteroatoms. The van der Waals surface area contributed by atoms with Crippen molar-refractivity contribution in [3.05, 3.63) is 36.2 Å². The van der Waals surface area contributed by atoms with Crippen LogP contribution in [0.4, 0.5) is 4.79 Å². The molecule has 0 atom stereocenters. The molecular weight excluding hydrogens is 318 g/mol. The summed E-state index contributed by atoms with van der Waals surface area (Å²) in [6.45, 7) is 0.992. The molecule has 0 N–H and O–H groups in total. The molecule has 1 aliphatic rings. The Bertz CT molecular complexity index is 689. The molecule has 23 heavy (non-hydrogen) atoms. The van der Waals surface area contributed by atoms with Crippen LogP contribution in [0.15, 0.2) is 34.9 Å². The van der Waals surface area contributed by atoms with Crippen molar-refractivity contribution >= 4 is 23.0 Å². The number of ether oxygens (including phenoxy) is 1. The predicted octanol–water partition coefficient (Wildman–Crippen LogP) is 2.34. The fourth-order valence-electron chi connectivity index (χ4n) is 2.09. The highest BCUT2D eigenvalue weighted by molar-refractivity contribution is 8.13. The third kappa shape index (κ3) is 4.10. The molecule has 1 amide bonds. The van der Waals surface area contributed by atoms with Gasteiger partial charge in [0.15, 0.2) is 6.61 Å². The Balaban J connectivity index is 1.46. The SMILES string of the molecule is O=C(CCN1CCSC1=O)OCc1nc(-c2ccccc2)no1. The first-order valence-corrected chi connectivity index (χ1v) is 8.16. The van der Waals surface area contributed by atoms with E-state index in [4.69, 9.17) is 9.26 Å². The van der Waals surface area contributed by atoms with Crippen LogP contribution in [-0.2, 0) is 16.1 Å². The zero-order valence-electron chi connectivity index (χ0n) is 12.3. The monoisotopic (exact) mass is 333 g/mol. The van der Waals surface area contributed by atoms with Gasteiger partial charge in [-0.15, -0.1) is 0 Å². The molecule has 1 saturated heterocycles. The standard InChI is InChI=1S/C15H15N3O4S/c19-13(6-7-18-8-9-23-15(18)20)21-10-12-16-14(17-22-12)11-4-2-1-3-5-11/h1-5H,6-10H2. The quantitative estimate of drug-likeness (QED) is 0.750. The number of aromatic nitrogens is 2. The summed E-state index contributed by atoms with van der Waals surface area (Å²) in [5.74, 6) is 1.08. The van der Waals surface area contributed by atoms with Gasteiger partial charge in [-0.3, -0.25) is 9.59 Å². The summed E-state index contributed by atoms with van der Waals surface area (Å²) in [5, 5.41) is 3.87. The topological polar surface area (TPSA) is 85.5 Å². The summed E-state index contributed by atoms with van der Waals surface area (Å²) in [7, 11) is 0. The number of carbonyl (C=O) groups is 2. The molecule has 0 bridgehead atoms. The largest absolute Gasteiger partial charge is 0.456 e. The number of carbonyl (C=O) groups excluding carboxylic acids is 2. The fraction of sp³-hybridized carbons (Fsp3) is 0.333. The number of esters is 1. The van der Waals surface area contributed by atoms with Crippen molar-refractivity contribution in [1.82, 2.24) is 15.0 Å². The molecular formula is C15H15N3O4S. The van der Waals surface area contributed by atoms with Crippen molar-refractivity contribution in [3.8, 4) is 11.4 Å². The van der Waals surface area contributed by atoms with Crippen LogP contribution in [0.3, 0.4) is 0 Å². The average molecular weight is 333 g/mol. The second-order valence-electron chi connectivity index (χ2n) is 4.89. The van der Waals surface area contributed by atoms with E-state index in [0.717, 1.165) is 11.3 Å². The predicted molar refractivity (Wildman–Crippen MR) is 83.6 cm³/mol. The van der Waals surface area contributed by atoms with E-state index in [1.165, 1.54) is 11.8 Å². The molecule has 0 spiro atoms. The molecule has 1 fully saturated rings. The van der Waals surface area contributed by atoms with Gasteiger partial charge in [0, 0.05) is 24.4 Å². The Labute approximate surface area is 137 Å². The first-order valence-electron chi connectivity index (χ1n) is 7.18. The van der Waals surface area contributed by atoms with Gasteiger partial charge in [0.2, 0.25) is 5.82 Å². The molecule has 2 aromatic rings. The van der Waals surface area contributed by atoms with Crippen LogP contribution in [-0.4, -0.2) is 45.1 Å². The minimum atomic E-state index is -0.394. The normalized spacial score (nSPS) is 14.3. The number of thioether (sulfide) groups is 1. The highest BCUT2D eigenvalue weighted by atomic mass is 32.2. The summed E-state index contributed by atoms with van der Waals surface area (Å²) in [5.41, 5.74) is 0.832. The third-order valence-electron chi connectivity index (χ3n) is 3.29. The zero-order valence-corrected chi connectivity index (χ0v) is 13.1. The van der Waals surface area contributed by atoms with Gasteiger partial charge < -0.3 is 14.2 Å². The van der Waals surface area contributed by atoms with Crippen LogP contribution >= 0.6 is 11.8 Å². The third-order valence-corrected chi connectivity index (χ3v) is 4.18. The Morgan fingerprint density at radius 1 is 1.35 bits per heavy atom. The van der Waals surface area contributed by atoms with E-state index in [2.05, 4.69) is 10.1 Å². The number of benzene rings is 1. The smallest absolute Gasteiger partial charge is 0.308 e. The maximum absolute atomic E-state index is 11.7. The van der Waals surface area contributed by atoms with Gasteiger partial charge in [0.25, 0.3) is 11.1 Å². The van der Waals surface area contributed by atoms with Crippen molar-refractivity contribution in [2.24, 2.45) is 0 Å². The highest BCUT2D eigenvalue weighted by Gasteiger charge is 2.21. The summed E-state index contributed by atoms with van der Waals surface area (Å²) >= 11 is 1.27. The molecule has 1 aromatic carbocycles. The van der Waals surface area contributed by atoms with E-state index in [-0.39, 0.29) is 24.2 Å². The molecule has 0 unspecified atom stereocenters.